The summed E-state index contributed by atoms with van der Waals surface area (Å²) in [6.45, 7) is 3.09. The number of carbonyl (C=O) groups is 1. The fraction of sp³-hybridized carbons (Fsp3) is 0.174. The lowest BCUT2D eigenvalue weighted by Gasteiger charge is -2.11. The zero-order valence-corrected chi connectivity index (χ0v) is 16.9. The summed E-state index contributed by atoms with van der Waals surface area (Å²) in [6.07, 6.45) is 9.08. The number of hydrogen-bond acceptors (Lipinski definition) is 3. The van der Waals surface area contributed by atoms with Crippen LogP contribution in [0.4, 0.5) is 0 Å². The summed E-state index contributed by atoms with van der Waals surface area (Å²) in [5, 5.41) is 7.28. The van der Waals surface area contributed by atoms with Gasteiger partial charge in [-0.25, -0.2) is 0 Å². The smallest absolute Gasteiger partial charge is 0.252 e. The monoisotopic (exact) mass is 401 g/mol. The van der Waals surface area contributed by atoms with Gasteiger partial charge in [-0.15, -0.1) is 0 Å². The van der Waals surface area contributed by atoms with Crippen LogP contribution in [0.1, 0.15) is 22.8 Å². The Morgan fingerprint density at radius 2 is 1.90 bits per heavy atom. The molecule has 0 saturated carbocycles. The van der Waals surface area contributed by atoms with Gasteiger partial charge >= 0.3 is 0 Å². The molecule has 0 aliphatic carbocycles. The maximum atomic E-state index is 12.3. The fourth-order valence-corrected chi connectivity index (χ4v) is 3.36. The van der Waals surface area contributed by atoms with E-state index in [0.29, 0.717) is 24.3 Å². The minimum absolute atomic E-state index is 0.126. The summed E-state index contributed by atoms with van der Waals surface area (Å²) in [7, 11) is 1.72. The van der Waals surface area contributed by atoms with Crippen LogP contribution in [0, 0.1) is 0 Å². The van der Waals surface area contributed by atoms with E-state index in [0.717, 1.165) is 16.7 Å². The molecule has 1 amide bonds. The second-order valence-electron chi connectivity index (χ2n) is 7.10. The van der Waals surface area contributed by atoms with E-state index in [1.165, 1.54) is 0 Å². The van der Waals surface area contributed by atoms with E-state index in [9.17, 15) is 9.59 Å². The van der Waals surface area contributed by atoms with E-state index in [1.54, 1.807) is 53.1 Å². The van der Waals surface area contributed by atoms with Crippen molar-refractivity contribution >= 4 is 5.91 Å². The highest BCUT2D eigenvalue weighted by atomic mass is 16.1. The Morgan fingerprint density at radius 3 is 2.67 bits per heavy atom. The van der Waals surface area contributed by atoms with Gasteiger partial charge in [0.25, 0.3) is 11.5 Å². The van der Waals surface area contributed by atoms with Crippen LogP contribution >= 0.6 is 0 Å². The molecule has 0 bridgehead atoms. The maximum absolute atomic E-state index is 12.3. The summed E-state index contributed by atoms with van der Waals surface area (Å²) in [5.41, 5.74) is 4.03. The standard InChI is InChI=1S/C23H23N5O2/c1-3-24-23(30)18-9-10-27(14-18)21-11-22(29)26(2)16-20(21)19-12-25-28(15-19)13-17-7-5-4-6-8-17/h4-12,14-16H,3,13H2,1-2H3,(H,24,30). The van der Waals surface area contributed by atoms with Gasteiger partial charge in [-0.1, -0.05) is 30.3 Å². The Balaban J connectivity index is 1.72. The number of carbonyl (C=O) groups excluding carboxylic acids is 1. The van der Waals surface area contributed by atoms with Crippen molar-refractivity contribution in [2.75, 3.05) is 6.54 Å². The van der Waals surface area contributed by atoms with Crippen molar-refractivity contribution in [3.8, 4) is 16.8 Å². The molecule has 0 spiro atoms. The molecule has 0 radical (unpaired) electrons. The third-order valence-corrected chi connectivity index (χ3v) is 4.91. The van der Waals surface area contributed by atoms with E-state index < -0.39 is 0 Å². The Kier molecular flexibility index (Phi) is 5.34. The molecule has 4 aromatic rings. The SMILES string of the molecule is CCNC(=O)c1ccn(-c2cc(=O)n(C)cc2-c2cnn(Cc3ccccc3)c2)c1. The lowest BCUT2D eigenvalue weighted by Crippen LogP contribution is -2.22. The Morgan fingerprint density at radius 1 is 1.10 bits per heavy atom. The van der Waals surface area contributed by atoms with E-state index in [4.69, 9.17) is 0 Å². The van der Waals surface area contributed by atoms with Crippen LogP contribution in [0.25, 0.3) is 16.8 Å². The van der Waals surface area contributed by atoms with Crippen LogP contribution in [-0.2, 0) is 13.6 Å². The van der Waals surface area contributed by atoms with Crippen LogP contribution in [0.3, 0.4) is 0 Å². The molecular weight excluding hydrogens is 378 g/mol. The van der Waals surface area contributed by atoms with Crippen molar-refractivity contribution in [2.45, 2.75) is 13.5 Å². The average Bonchev–Trinajstić information content (AvgIpc) is 3.41. The van der Waals surface area contributed by atoms with Crippen molar-refractivity contribution in [2.24, 2.45) is 7.05 Å². The van der Waals surface area contributed by atoms with Gasteiger partial charge in [0.1, 0.15) is 0 Å². The maximum Gasteiger partial charge on any atom is 0.252 e. The summed E-state index contributed by atoms with van der Waals surface area (Å²) < 4.78 is 5.22. The van der Waals surface area contributed by atoms with Crippen molar-refractivity contribution in [3.05, 3.63) is 94.9 Å². The molecule has 1 aromatic carbocycles. The average molecular weight is 401 g/mol. The summed E-state index contributed by atoms with van der Waals surface area (Å²) in [6, 6.07) is 13.4. The van der Waals surface area contributed by atoms with Gasteiger partial charge in [0.2, 0.25) is 0 Å². The molecule has 1 N–H and O–H groups in total. The van der Waals surface area contributed by atoms with E-state index in [1.807, 2.05) is 36.0 Å². The minimum atomic E-state index is -0.141. The molecule has 7 heteroatoms. The Bertz CT molecular complexity index is 1230. The first-order chi connectivity index (χ1) is 14.5. The van der Waals surface area contributed by atoms with E-state index in [-0.39, 0.29) is 11.5 Å². The highest BCUT2D eigenvalue weighted by Gasteiger charge is 2.14. The number of hydrogen-bond donors (Lipinski definition) is 1. The summed E-state index contributed by atoms with van der Waals surface area (Å²) >= 11 is 0. The lowest BCUT2D eigenvalue weighted by atomic mass is 10.1. The van der Waals surface area contributed by atoms with E-state index in [2.05, 4.69) is 22.5 Å². The van der Waals surface area contributed by atoms with Crippen molar-refractivity contribution < 1.29 is 4.79 Å². The number of nitrogens with one attached hydrogen (secondary N) is 1. The number of aryl methyl sites for hydroxylation is 1. The predicted molar refractivity (Wildman–Crippen MR) is 116 cm³/mol. The van der Waals surface area contributed by atoms with Crippen molar-refractivity contribution in [1.82, 2.24) is 24.2 Å². The number of aromatic nitrogens is 4. The van der Waals surface area contributed by atoms with Gasteiger partial charge in [-0.05, 0) is 18.6 Å². The fourth-order valence-electron chi connectivity index (χ4n) is 3.36. The quantitative estimate of drug-likeness (QED) is 0.540. The number of benzene rings is 1. The molecule has 0 atom stereocenters. The largest absolute Gasteiger partial charge is 0.352 e. The minimum Gasteiger partial charge on any atom is -0.352 e. The van der Waals surface area contributed by atoms with Gasteiger partial charge in [-0.3, -0.25) is 14.3 Å². The molecule has 7 nitrogen and oxygen atoms in total. The van der Waals surface area contributed by atoms with Crippen LogP contribution in [0.5, 0.6) is 0 Å². The molecule has 0 saturated heterocycles. The molecule has 0 fully saturated rings. The molecule has 0 aliphatic heterocycles. The number of pyridine rings is 1. The molecule has 4 rings (SSSR count). The van der Waals surface area contributed by atoms with Gasteiger partial charge in [0.15, 0.2) is 0 Å². The highest BCUT2D eigenvalue weighted by Crippen LogP contribution is 2.26. The van der Waals surface area contributed by atoms with Crippen molar-refractivity contribution in [1.29, 1.82) is 0 Å². The van der Waals surface area contributed by atoms with Gasteiger partial charge in [-0.2, -0.15) is 5.10 Å². The molecule has 3 heterocycles. The predicted octanol–water partition coefficient (Wildman–Crippen LogP) is 2.84. The zero-order chi connectivity index (χ0) is 21.1. The Hall–Kier alpha value is -3.87. The third-order valence-electron chi connectivity index (χ3n) is 4.91. The van der Waals surface area contributed by atoms with Gasteiger partial charge in [0, 0.05) is 55.6 Å². The topological polar surface area (TPSA) is 73.8 Å². The second-order valence-corrected chi connectivity index (χ2v) is 7.10. The molecule has 152 valence electrons. The highest BCUT2D eigenvalue weighted by molar-refractivity contribution is 5.94. The summed E-state index contributed by atoms with van der Waals surface area (Å²) in [4.78, 5) is 24.5. The summed E-state index contributed by atoms with van der Waals surface area (Å²) in [5.74, 6) is -0.141. The number of nitrogens with zero attached hydrogens (tertiary/aromatic N) is 4. The zero-order valence-electron chi connectivity index (χ0n) is 16.9. The molecule has 3 aromatic heterocycles. The Labute approximate surface area is 174 Å². The van der Waals surface area contributed by atoms with Crippen LogP contribution in [0.15, 0.2) is 78.2 Å². The normalized spacial score (nSPS) is 10.9. The van der Waals surface area contributed by atoms with Gasteiger partial charge < -0.3 is 14.5 Å². The van der Waals surface area contributed by atoms with Crippen LogP contribution < -0.4 is 10.9 Å². The molecule has 30 heavy (non-hydrogen) atoms. The third kappa shape index (κ3) is 3.96. The molecular formula is C23H23N5O2. The van der Waals surface area contributed by atoms with E-state index >= 15 is 0 Å². The second kappa shape index (κ2) is 8.24. The number of rotatable bonds is 6. The number of amides is 1. The van der Waals surface area contributed by atoms with Crippen molar-refractivity contribution in [3.63, 3.8) is 0 Å². The molecule has 0 unspecified atom stereocenters. The molecule has 0 aliphatic rings. The van der Waals surface area contributed by atoms with Crippen LogP contribution in [0.2, 0.25) is 0 Å². The first-order valence-corrected chi connectivity index (χ1v) is 9.79. The van der Waals surface area contributed by atoms with Crippen LogP contribution in [-0.4, -0.2) is 31.4 Å². The lowest BCUT2D eigenvalue weighted by molar-refractivity contribution is 0.0956. The van der Waals surface area contributed by atoms with Gasteiger partial charge in [0.05, 0.1) is 24.0 Å². The first kappa shape index (κ1) is 19.4. The first-order valence-electron chi connectivity index (χ1n) is 9.79.